The molecule has 3 N–H and O–H groups in total. The quantitative estimate of drug-likeness (QED) is 0.231. The fraction of sp³-hybridized carbons (Fsp3) is 0.400. The Hall–Kier alpha value is -2.46. The van der Waals surface area contributed by atoms with Gasteiger partial charge in [-0.1, -0.05) is 42.5 Å². The SMILES string of the molecule is CCNC(=NCc1cccc(-c2ncn[nH]2)c1)NC1CCN(Cc2ccccc2C)CC1.I. The molecule has 1 aliphatic heterocycles. The van der Waals surface area contributed by atoms with Gasteiger partial charge in [0.25, 0.3) is 0 Å². The van der Waals surface area contributed by atoms with E-state index in [1.807, 2.05) is 12.1 Å². The van der Waals surface area contributed by atoms with Gasteiger partial charge in [-0.3, -0.25) is 10.00 Å². The first-order valence-electron chi connectivity index (χ1n) is 11.5. The predicted molar refractivity (Wildman–Crippen MR) is 145 cm³/mol. The van der Waals surface area contributed by atoms with Crippen molar-refractivity contribution in [3.63, 3.8) is 0 Å². The van der Waals surface area contributed by atoms with Crippen LogP contribution in [0.25, 0.3) is 11.4 Å². The van der Waals surface area contributed by atoms with E-state index in [1.54, 1.807) is 0 Å². The Kier molecular flexibility index (Phi) is 9.68. The van der Waals surface area contributed by atoms with E-state index in [0.29, 0.717) is 12.6 Å². The van der Waals surface area contributed by atoms with Crippen molar-refractivity contribution in [2.45, 2.75) is 45.8 Å². The summed E-state index contributed by atoms with van der Waals surface area (Å²) in [5, 5.41) is 13.9. The average Bonchev–Trinajstić information content (AvgIpc) is 3.36. The van der Waals surface area contributed by atoms with Crippen LogP contribution in [0.2, 0.25) is 0 Å². The number of aliphatic imine (C=N–C) groups is 1. The Morgan fingerprint density at radius 2 is 1.97 bits per heavy atom. The van der Waals surface area contributed by atoms with Gasteiger partial charge in [0.2, 0.25) is 0 Å². The maximum absolute atomic E-state index is 4.83. The first kappa shape index (κ1) is 25.2. The molecule has 0 saturated carbocycles. The lowest BCUT2D eigenvalue weighted by molar-refractivity contribution is 0.198. The molecule has 2 heterocycles. The lowest BCUT2D eigenvalue weighted by Gasteiger charge is -2.33. The van der Waals surface area contributed by atoms with Crippen molar-refractivity contribution in [3.8, 4) is 11.4 Å². The summed E-state index contributed by atoms with van der Waals surface area (Å²) in [5.41, 5.74) is 4.97. The third-order valence-electron chi connectivity index (χ3n) is 5.96. The van der Waals surface area contributed by atoms with Gasteiger partial charge in [0.1, 0.15) is 6.33 Å². The molecule has 2 aromatic carbocycles. The Balaban J connectivity index is 0.00000306. The van der Waals surface area contributed by atoms with E-state index in [-0.39, 0.29) is 24.0 Å². The number of H-pyrrole nitrogens is 1. The molecule has 1 aromatic heterocycles. The summed E-state index contributed by atoms with van der Waals surface area (Å²) in [4.78, 5) is 11.6. The molecule has 3 aromatic rings. The van der Waals surface area contributed by atoms with Gasteiger partial charge >= 0.3 is 0 Å². The maximum Gasteiger partial charge on any atom is 0.191 e. The fourth-order valence-corrected chi connectivity index (χ4v) is 4.11. The van der Waals surface area contributed by atoms with Gasteiger partial charge < -0.3 is 10.6 Å². The molecule has 0 aliphatic carbocycles. The zero-order chi connectivity index (χ0) is 22.2. The maximum atomic E-state index is 4.83. The minimum Gasteiger partial charge on any atom is -0.357 e. The molecule has 1 saturated heterocycles. The van der Waals surface area contributed by atoms with Gasteiger partial charge in [0, 0.05) is 37.8 Å². The number of hydrogen-bond donors (Lipinski definition) is 3. The van der Waals surface area contributed by atoms with Crippen molar-refractivity contribution in [1.29, 1.82) is 0 Å². The summed E-state index contributed by atoms with van der Waals surface area (Å²) >= 11 is 0. The first-order chi connectivity index (χ1) is 15.7. The fourth-order valence-electron chi connectivity index (χ4n) is 4.11. The van der Waals surface area contributed by atoms with Crippen molar-refractivity contribution in [3.05, 3.63) is 71.5 Å². The van der Waals surface area contributed by atoms with E-state index in [2.05, 4.69) is 81.0 Å². The zero-order valence-electron chi connectivity index (χ0n) is 19.4. The van der Waals surface area contributed by atoms with Crippen LogP contribution in [0.1, 0.15) is 36.5 Å². The minimum absolute atomic E-state index is 0. The Morgan fingerprint density at radius 1 is 1.15 bits per heavy atom. The number of nitrogens with one attached hydrogen (secondary N) is 3. The largest absolute Gasteiger partial charge is 0.357 e. The van der Waals surface area contributed by atoms with Crippen LogP contribution in [0.3, 0.4) is 0 Å². The van der Waals surface area contributed by atoms with Gasteiger partial charge in [-0.05, 0) is 49.4 Å². The number of rotatable bonds is 7. The summed E-state index contributed by atoms with van der Waals surface area (Å²) in [5.74, 6) is 1.66. The topological polar surface area (TPSA) is 81.2 Å². The lowest BCUT2D eigenvalue weighted by atomic mass is 10.0. The Morgan fingerprint density at radius 3 is 2.70 bits per heavy atom. The van der Waals surface area contributed by atoms with Crippen molar-refractivity contribution in [1.82, 2.24) is 30.7 Å². The van der Waals surface area contributed by atoms with Crippen molar-refractivity contribution >= 4 is 29.9 Å². The number of nitrogens with zero attached hydrogens (tertiary/aromatic N) is 4. The molecular weight excluding hydrogens is 525 g/mol. The van der Waals surface area contributed by atoms with Crippen LogP contribution < -0.4 is 10.6 Å². The molecule has 0 radical (unpaired) electrons. The van der Waals surface area contributed by atoms with Crippen molar-refractivity contribution in [2.75, 3.05) is 19.6 Å². The first-order valence-corrected chi connectivity index (χ1v) is 11.5. The van der Waals surface area contributed by atoms with E-state index in [1.165, 1.54) is 17.5 Å². The number of piperidine rings is 1. The minimum atomic E-state index is 0. The van der Waals surface area contributed by atoms with Crippen LogP contribution in [-0.2, 0) is 13.1 Å². The summed E-state index contributed by atoms with van der Waals surface area (Å²) in [6, 6.07) is 17.4. The summed E-state index contributed by atoms with van der Waals surface area (Å²) in [6.45, 7) is 9.00. The molecular formula is C25H34IN7. The molecule has 0 unspecified atom stereocenters. The van der Waals surface area contributed by atoms with Gasteiger partial charge in [0.05, 0.1) is 6.54 Å². The highest BCUT2D eigenvalue weighted by molar-refractivity contribution is 14.0. The second kappa shape index (κ2) is 12.7. The van der Waals surface area contributed by atoms with E-state index in [0.717, 1.165) is 61.9 Å². The van der Waals surface area contributed by atoms with E-state index >= 15 is 0 Å². The number of benzene rings is 2. The molecule has 1 aliphatic rings. The third-order valence-corrected chi connectivity index (χ3v) is 5.96. The summed E-state index contributed by atoms with van der Waals surface area (Å²) in [6.07, 6.45) is 3.77. The smallest absolute Gasteiger partial charge is 0.191 e. The number of hydrogen-bond acceptors (Lipinski definition) is 4. The number of halogens is 1. The predicted octanol–water partition coefficient (Wildman–Crippen LogP) is 4.12. The van der Waals surface area contributed by atoms with Crippen molar-refractivity contribution < 1.29 is 0 Å². The number of aromatic amines is 1. The number of aryl methyl sites for hydroxylation is 1. The van der Waals surface area contributed by atoms with E-state index in [9.17, 15) is 0 Å². The second-order valence-electron chi connectivity index (χ2n) is 8.35. The summed E-state index contributed by atoms with van der Waals surface area (Å²) in [7, 11) is 0. The molecule has 0 atom stereocenters. The molecule has 1 fully saturated rings. The monoisotopic (exact) mass is 559 g/mol. The highest BCUT2D eigenvalue weighted by atomic mass is 127. The van der Waals surface area contributed by atoms with Crippen LogP contribution in [0.5, 0.6) is 0 Å². The van der Waals surface area contributed by atoms with Crippen molar-refractivity contribution in [2.24, 2.45) is 4.99 Å². The molecule has 8 heteroatoms. The van der Waals surface area contributed by atoms with Gasteiger partial charge in [-0.25, -0.2) is 9.98 Å². The van der Waals surface area contributed by atoms with E-state index < -0.39 is 0 Å². The molecule has 33 heavy (non-hydrogen) atoms. The average molecular weight is 560 g/mol. The van der Waals surface area contributed by atoms with Crippen LogP contribution in [0.15, 0.2) is 59.9 Å². The Bertz CT molecular complexity index is 1010. The molecule has 7 nitrogen and oxygen atoms in total. The normalized spacial score (nSPS) is 15.2. The molecule has 4 rings (SSSR count). The van der Waals surface area contributed by atoms with Gasteiger partial charge in [-0.2, -0.15) is 5.10 Å². The summed E-state index contributed by atoms with van der Waals surface area (Å²) < 4.78 is 0. The number of likely N-dealkylation sites (tertiary alicyclic amines) is 1. The second-order valence-corrected chi connectivity index (χ2v) is 8.35. The van der Waals surface area contributed by atoms with Gasteiger partial charge in [0.15, 0.2) is 11.8 Å². The van der Waals surface area contributed by atoms with Gasteiger partial charge in [-0.15, -0.1) is 24.0 Å². The lowest BCUT2D eigenvalue weighted by Crippen LogP contribution is -2.48. The third kappa shape index (κ3) is 7.26. The standard InChI is InChI=1S/C25H33N7.HI/c1-3-26-25(27-16-20-8-6-10-21(15-20)24-28-18-29-31-24)30-23-11-13-32(14-12-23)17-22-9-5-4-7-19(22)2;/h4-10,15,18,23H,3,11-14,16-17H2,1-2H3,(H2,26,27,30)(H,28,29,31);1H. The Labute approximate surface area is 213 Å². The zero-order valence-corrected chi connectivity index (χ0v) is 21.8. The van der Waals surface area contributed by atoms with E-state index in [4.69, 9.17) is 4.99 Å². The highest BCUT2D eigenvalue weighted by Gasteiger charge is 2.20. The molecule has 0 spiro atoms. The molecule has 0 bridgehead atoms. The van der Waals surface area contributed by atoms with Crippen LogP contribution >= 0.6 is 24.0 Å². The molecule has 176 valence electrons. The van der Waals surface area contributed by atoms with Crippen LogP contribution in [0.4, 0.5) is 0 Å². The van der Waals surface area contributed by atoms with Crippen LogP contribution in [0, 0.1) is 6.92 Å². The highest BCUT2D eigenvalue weighted by Crippen LogP contribution is 2.17. The molecule has 0 amide bonds. The number of guanidine groups is 1. The number of aromatic nitrogens is 3. The van der Waals surface area contributed by atoms with Crippen LogP contribution in [-0.4, -0.2) is 51.7 Å².